The van der Waals surface area contributed by atoms with Crippen molar-refractivity contribution in [3.8, 4) is 11.5 Å². The maximum atomic E-state index is 11.9. The van der Waals surface area contributed by atoms with Gasteiger partial charge in [0, 0.05) is 11.3 Å². The molecule has 2 aromatic rings. The van der Waals surface area contributed by atoms with Crippen molar-refractivity contribution in [2.24, 2.45) is 0 Å². The van der Waals surface area contributed by atoms with E-state index in [1.807, 2.05) is 0 Å². The van der Waals surface area contributed by atoms with Crippen molar-refractivity contribution >= 4 is 17.5 Å². The zero-order valence-electron chi connectivity index (χ0n) is 10.1. The summed E-state index contributed by atoms with van der Waals surface area (Å²) in [4.78, 5) is 11.9. The number of benzene rings is 2. The van der Waals surface area contributed by atoms with E-state index in [1.165, 1.54) is 18.2 Å². The molecule has 0 atom stereocenters. The zero-order chi connectivity index (χ0) is 13.8. The maximum Gasteiger partial charge on any atom is 0.187 e. The van der Waals surface area contributed by atoms with E-state index in [0.29, 0.717) is 16.8 Å². The number of rotatable bonds is 3. The normalized spacial score (nSPS) is 10.7. The summed E-state index contributed by atoms with van der Waals surface area (Å²) in [6, 6.07) is 11.1. The standard InChI is InChI=1S/C15H13NO3/c16-12-4-2-1-3-11(12)13(17)7-5-10-6-8-14(18)15(19)9-10/h1-9,18-19H,16H2/b7-5+. The smallest absolute Gasteiger partial charge is 0.187 e. The first-order valence-corrected chi connectivity index (χ1v) is 5.67. The van der Waals surface area contributed by atoms with Crippen molar-refractivity contribution in [1.29, 1.82) is 0 Å². The fourth-order valence-corrected chi connectivity index (χ4v) is 1.63. The molecular weight excluding hydrogens is 242 g/mol. The van der Waals surface area contributed by atoms with Crippen molar-refractivity contribution in [2.75, 3.05) is 5.73 Å². The number of phenolic OH excluding ortho intramolecular Hbond substituents is 2. The van der Waals surface area contributed by atoms with Crippen LogP contribution in [-0.2, 0) is 0 Å². The molecule has 0 aliphatic rings. The number of hydrogen-bond donors (Lipinski definition) is 3. The van der Waals surface area contributed by atoms with Gasteiger partial charge in [-0.15, -0.1) is 0 Å². The van der Waals surface area contributed by atoms with Crippen molar-refractivity contribution in [3.05, 3.63) is 59.7 Å². The molecule has 4 nitrogen and oxygen atoms in total. The predicted molar refractivity (Wildman–Crippen MR) is 74.0 cm³/mol. The Bertz CT molecular complexity index is 648. The lowest BCUT2D eigenvalue weighted by atomic mass is 10.1. The topological polar surface area (TPSA) is 83.6 Å². The first-order valence-electron chi connectivity index (χ1n) is 5.67. The Balaban J connectivity index is 2.21. The Morgan fingerprint density at radius 1 is 1.05 bits per heavy atom. The largest absolute Gasteiger partial charge is 0.504 e. The van der Waals surface area contributed by atoms with Gasteiger partial charge < -0.3 is 15.9 Å². The highest BCUT2D eigenvalue weighted by atomic mass is 16.3. The Hall–Kier alpha value is -2.75. The van der Waals surface area contributed by atoms with Crippen molar-refractivity contribution in [3.63, 3.8) is 0 Å². The molecule has 4 N–H and O–H groups in total. The summed E-state index contributed by atoms with van der Waals surface area (Å²) in [6.45, 7) is 0. The third kappa shape index (κ3) is 2.93. The molecule has 0 unspecified atom stereocenters. The van der Waals surface area contributed by atoms with Gasteiger partial charge in [-0.05, 0) is 35.9 Å². The molecule has 0 spiro atoms. The average Bonchev–Trinajstić information content (AvgIpc) is 2.40. The SMILES string of the molecule is Nc1ccccc1C(=O)/C=C/c1ccc(O)c(O)c1. The van der Waals surface area contributed by atoms with Crippen LogP contribution in [0.5, 0.6) is 11.5 Å². The van der Waals surface area contributed by atoms with E-state index in [-0.39, 0.29) is 17.3 Å². The molecule has 0 saturated heterocycles. The molecule has 0 bridgehead atoms. The van der Waals surface area contributed by atoms with E-state index in [0.717, 1.165) is 0 Å². The second-order valence-corrected chi connectivity index (χ2v) is 4.03. The predicted octanol–water partition coefficient (Wildman–Crippen LogP) is 2.58. The number of phenols is 2. The molecule has 0 fully saturated rings. The number of ketones is 1. The van der Waals surface area contributed by atoms with E-state index < -0.39 is 0 Å². The molecule has 4 heteroatoms. The van der Waals surface area contributed by atoms with Gasteiger partial charge in [0.2, 0.25) is 0 Å². The fourth-order valence-electron chi connectivity index (χ4n) is 1.63. The highest BCUT2D eigenvalue weighted by Crippen LogP contribution is 2.25. The number of para-hydroxylation sites is 1. The Morgan fingerprint density at radius 2 is 1.79 bits per heavy atom. The summed E-state index contributed by atoms with van der Waals surface area (Å²) in [6.07, 6.45) is 2.92. The van der Waals surface area contributed by atoms with Gasteiger partial charge in [-0.25, -0.2) is 0 Å². The van der Waals surface area contributed by atoms with Crippen molar-refractivity contribution in [2.45, 2.75) is 0 Å². The minimum Gasteiger partial charge on any atom is -0.504 e. The Labute approximate surface area is 110 Å². The van der Waals surface area contributed by atoms with Crippen LogP contribution >= 0.6 is 0 Å². The number of hydrogen-bond acceptors (Lipinski definition) is 4. The molecule has 19 heavy (non-hydrogen) atoms. The second-order valence-electron chi connectivity index (χ2n) is 4.03. The molecule has 0 heterocycles. The van der Waals surface area contributed by atoms with Crippen LogP contribution in [-0.4, -0.2) is 16.0 Å². The van der Waals surface area contributed by atoms with Crippen LogP contribution in [0.2, 0.25) is 0 Å². The van der Waals surface area contributed by atoms with Crippen LogP contribution in [0.25, 0.3) is 6.08 Å². The minimum atomic E-state index is -0.228. The van der Waals surface area contributed by atoms with Crippen LogP contribution in [0, 0.1) is 0 Å². The highest BCUT2D eigenvalue weighted by Gasteiger charge is 2.05. The molecule has 2 aromatic carbocycles. The summed E-state index contributed by atoms with van der Waals surface area (Å²) in [7, 11) is 0. The van der Waals surface area contributed by atoms with Gasteiger partial charge in [0.1, 0.15) is 0 Å². The number of carbonyl (C=O) groups is 1. The number of nitrogen functional groups attached to an aromatic ring is 1. The van der Waals surface area contributed by atoms with E-state index in [1.54, 1.807) is 36.4 Å². The molecule has 2 rings (SSSR count). The lowest BCUT2D eigenvalue weighted by Crippen LogP contribution is -1.99. The number of allylic oxidation sites excluding steroid dienone is 1. The summed E-state index contributed by atoms with van der Waals surface area (Å²) in [5.41, 5.74) is 7.17. The summed E-state index contributed by atoms with van der Waals surface area (Å²) in [5, 5.41) is 18.5. The third-order valence-corrected chi connectivity index (χ3v) is 2.65. The quantitative estimate of drug-likeness (QED) is 0.340. The van der Waals surface area contributed by atoms with E-state index in [4.69, 9.17) is 5.73 Å². The van der Waals surface area contributed by atoms with Crippen LogP contribution in [0.15, 0.2) is 48.5 Å². The summed E-state index contributed by atoms with van der Waals surface area (Å²) in [5.74, 6) is -0.643. The van der Waals surface area contributed by atoms with E-state index >= 15 is 0 Å². The number of carbonyl (C=O) groups excluding carboxylic acids is 1. The van der Waals surface area contributed by atoms with Crippen LogP contribution in [0.1, 0.15) is 15.9 Å². The molecule has 0 aromatic heterocycles. The van der Waals surface area contributed by atoms with Gasteiger partial charge in [0.15, 0.2) is 17.3 Å². The molecule has 0 radical (unpaired) electrons. The monoisotopic (exact) mass is 255 g/mol. The molecule has 0 aliphatic heterocycles. The number of nitrogens with two attached hydrogens (primary N) is 1. The minimum absolute atomic E-state index is 0.198. The van der Waals surface area contributed by atoms with Crippen LogP contribution in [0.4, 0.5) is 5.69 Å². The molecule has 0 aliphatic carbocycles. The van der Waals surface area contributed by atoms with Gasteiger partial charge in [-0.2, -0.15) is 0 Å². The van der Waals surface area contributed by atoms with Gasteiger partial charge in [0.25, 0.3) is 0 Å². The van der Waals surface area contributed by atoms with Gasteiger partial charge in [-0.1, -0.05) is 24.3 Å². The zero-order valence-corrected chi connectivity index (χ0v) is 10.1. The lowest BCUT2D eigenvalue weighted by Gasteiger charge is -2.01. The van der Waals surface area contributed by atoms with Gasteiger partial charge in [0.05, 0.1) is 0 Å². The van der Waals surface area contributed by atoms with E-state index in [9.17, 15) is 15.0 Å². The maximum absolute atomic E-state index is 11.9. The first-order chi connectivity index (χ1) is 9.08. The summed E-state index contributed by atoms with van der Waals surface area (Å²) >= 11 is 0. The number of anilines is 1. The first kappa shape index (κ1) is 12.7. The molecule has 96 valence electrons. The lowest BCUT2D eigenvalue weighted by molar-refractivity contribution is 0.104. The molecular formula is C15H13NO3. The summed E-state index contributed by atoms with van der Waals surface area (Å²) < 4.78 is 0. The fraction of sp³-hybridized carbons (Fsp3) is 0. The van der Waals surface area contributed by atoms with Gasteiger partial charge in [-0.3, -0.25) is 4.79 Å². The second kappa shape index (κ2) is 5.27. The average molecular weight is 255 g/mol. The van der Waals surface area contributed by atoms with Crippen molar-refractivity contribution < 1.29 is 15.0 Å². The Kier molecular flexibility index (Phi) is 3.52. The third-order valence-electron chi connectivity index (χ3n) is 2.65. The number of aromatic hydroxyl groups is 2. The molecule has 0 amide bonds. The molecule has 0 saturated carbocycles. The van der Waals surface area contributed by atoms with E-state index in [2.05, 4.69) is 0 Å². The highest BCUT2D eigenvalue weighted by molar-refractivity contribution is 6.10. The Morgan fingerprint density at radius 3 is 2.47 bits per heavy atom. The van der Waals surface area contributed by atoms with Crippen LogP contribution < -0.4 is 5.73 Å². The van der Waals surface area contributed by atoms with Gasteiger partial charge >= 0.3 is 0 Å². The van der Waals surface area contributed by atoms with Crippen molar-refractivity contribution in [1.82, 2.24) is 0 Å². The van der Waals surface area contributed by atoms with Crippen LogP contribution in [0.3, 0.4) is 0 Å².